The molecule has 1 aliphatic rings. The zero-order valence-corrected chi connectivity index (χ0v) is 11.9. The van der Waals surface area contributed by atoms with E-state index in [1.54, 1.807) is 19.1 Å². The Morgan fingerprint density at radius 3 is 2.27 bits per heavy atom. The molecule has 2 amide bonds. The Labute approximate surface area is 124 Å². The van der Waals surface area contributed by atoms with E-state index in [4.69, 9.17) is 0 Å². The number of Topliss-reactive ketones (excluding diaryl/α,β-unsaturated/α-hetero) is 1. The number of nitrogens with one attached hydrogen (secondary N) is 2. The number of hydrogen-bond donors (Lipinski definition) is 3. The van der Waals surface area contributed by atoms with Gasteiger partial charge >= 0.3 is 12.2 Å². The van der Waals surface area contributed by atoms with Gasteiger partial charge in [-0.1, -0.05) is 29.8 Å². The Hall–Kier alpha value is -2.09. The first-order valence-electron chi connectivity index (χ1n) is 6.51. The fourth-order valence-corrected chi connectivity index (χ4v) is 2.58. The smallest absolute Gasteiger partial charge is 0.363 e. The second-order valence-corrected chi connectivity index (χ2v) is 5.34. The molecule has 120 valence electrons. The van der Waals surface area contributed by atoms with Gasteiger partial charge in [0.15, 0.2) is 0 Å². The third kappa shape index (κ3) is 2.66. The fraction of sp³-hybridized carbons (Fsp3) is 0.429. The third-order valence-corrected chi connectivity index (χ3v) is 3.68. The highest BCUT2D eigenvalue weighted by Gasteiger charge is 2.65. The van der Waals surface area contributed by atoms with Crippen LogP contribution in [0.25, 0.3) is 0 Å². The highest BCUT2D eigenvalue weighted by atomic mass is 19.4. The maximum atomic E-state index is 13.2. The van der Waals surface area contributed by atoms with Crippen LogP contribution in [0.5, 0.6) is 0 Å². The van der Waals surface area contributed by atoms with E-state index < -0.39 is 35.7 Å². The molecular formula is C14H15F3N2O3. The summed E-state index contributed by atoms with van der Waals surface area (Å²) in [4.78, 5) is 23.3. The van der Waals surface area contributed by atoms with Gasteiger partial charge in [0.2, 0.25) is 5.72 Å². The molecule has 0 spiro atoms. The summed E-state index contributed by atoms with van der Waals surface area (Å²) in [6, 6.07) is 3.85. The van der Waals surface area contributed by atoms with Crippen molar-refractivity contribution in [2.45, 2.75) is 31.8 Å². The largest absolute Gasteiger partial charge is 0.437 e. The molecule has 3 N–H and O–H groups in total. The topological polar surface area (TPSA) is 78.4 Å². The predicted octanol–water partition coefficient (Wildman–Crippen LogP) is 1.81. The lowest BCUT2D eigenvalue weighted by Crippen LogP contribution is -2.72. The average Bonchev–Trinajstić information content (AvgIpc) is 2.36. The van der Waals surface area contributed by atoms with Crippen molar-refractivity contribution in [3.05, 3.63) is 35.4 Å². The van der Waals surface area contributed by atoms with Gasteiger partial charge in [-0.3, -0.25) is 4.79 Å². The van der Waals surface area contributed by atoms with Crippen LogP contribution in [0.4, 0.5) is 18.0 Å². The summed E-state index contributed by atoms with van der Waals surface area (Å²) in [5, 5.41) is 13.7. The Balaban J connectivity index is 2.54. The maximum absolute atomic E-state index is 13.2. The van der Waals surface area contributed by atoms with Crippen molar-refractivity contribution in [1.29, 1.82) is 0 Å². The SMILES string of the molecule is CC(=O)[C@@H]1[C@H](c2ccc(C)cc2)NC(=O)N[C@]1(O)C(F)(F)F. The van der Waals surface area contributed by atoms with Crippen LogP contribution in [0.15, 0.2) is 24.3 Å². The van der Waals surface area contributed by atoms with Crippen molar-refractivity contribution < 1.29 is 27.9 Å². The minimum Gasteiger partial charge on any atom is -0.363 e. The van der Waals surface area contributed by atoms with Crippen molar-refractivity contribution in [3.8, 4) is 0 Å². The number of amides is 2. The zero-order valence-electron chi connectivity index (χ0n) is 11.9. The molecule has 1 aromatic carbocycles. The number of alkyl halides is 3. The third-order valence-electron chi connectivity index (χ3n) is 3.68. The second kappa shape index (κ2) is 5.28. The van der Waals surface area contributed by atoms with Gasteiger partial charge in [0.05, 0.1) is 12.0 Å². The first-order chi connectivity index (χ1) is 10.1. The van der Waals surface area contributed by atoms with E-state index in [9.17, 15) is 27.9 Å². The van der Waals surface area contributed by atoms with E-state index in [-0.39, 0.29) is 0 Å². The van der Waals surface area contributed by atoms with Crippen LogP contribution >= 0.6 is 0 Å². The molecule has 8 heteroatoms. The minimum atomic E-state index is -5.19. The van der Waals surface area contributed by atoms with E-state index in [1.807, 2.05) is 0 Å². The van der Waals surface area contributed by atoms with Gasteiger partial charge in [0, 0.05) is 0 Å². The fourth-order valence-electron chi connectivity index (χ4n) is 2.58. The normalized spacial score (nSPS) is 28.7. The highest BCUT2D eigenvalue weighted by Crippen LogP contribution is 2.42. The van der Waals surface area contributed by atoms with Crippen LogP contribution in [0, 0.1) is 12.8 Å². The molecule has 5 nitrogen and oxygen atoms in total. The van der Waals surface area contributed by atoms with Crippen LogP contribution in [0.2, 0.25) is 0 Å². The molecule has 0 aromatic heterocycles. The number of halogens is 3. The number of hydrogen-bond acceptors (Lipinski definition) is 3. The molecule has 2 rings (SSSR count). The lowest BCUT2D eigenvalue weighted by molar-refractivity contribution is -0.290. The standard InChI is InChI=1S/C14H15F3N2O3/c1-7-3-5-9(6-4-7)11-10(8(2)20)13(22,14(15,16)17)19-12(21)18-11/h3-6,10-11,22H,1-2H3,(H2,18,19,21)/t10-,11+,13-/m1/s1. The summed E-state index contributed by atoms with van der Waals surface area (Å²) in [6.07, 6.45) is -5.19. The average molecular weight is 316 g/mol. The number of rotatable bonds is 2. The molecule has 1 fully saturated rings. The van der Waals surface area contributed by atoms with Crippen LogP contribution in [-0.2, 0) is 4.79 Å². The number of aliphatic hydroxyl groups is 1. The number of ketones is 1. The van der Waals surface area contributed by atoms with Crippen molar-refractivity contribution >= 4 is 11.8 Å². The van der Waals surface area contributed by atoms with E-state index in [1.165, 1.54) is 17.4 Å². The molecule has 1 aliphatic heterocycles. The predicted molar refractivity (Wildman–Crippen MR) is 70.8 cm³/mol. The molecule has 0 bridgehead atoms. The molecule has 1 saturated heterocycles. The van der Waals surface area contributed by atoms with Gasteiger partial charge < -0.3 is 15.7 Å². The summed E-state index contributed by atoms with van der Waals surface area (Å²) in [6.45, 7) is 2.74. The molecule has 0 radical (unpaired) electrons. The van der Waals surface area contributed by atoms with Crippen LogP contribution in [0.1, 0.15) is 24.1 Å². The Morgan fingerprint density at radius 2 is 1.82 bits per heavy atom. The molecule has 0 unspecified atom stereocenters. The van der Waals surface area contributed by atoms with E-state index in [0.29, 0.717) is 5.56 Å². The highest BCUT2D eigenvalue weighted by molar-refractivity contribution is 5.86. The molecule has 0 aliphatic carbocycles. The van der Waals surface area contributed by atoms with Crippen LogP contribution in [-0.4, -0.2) is 28.8 Å². The molecule has 1 aromatic rings. The number of carbonyl (C=O) groups excluding carboxylic acids is 2. The number of urea groups is 1. The van der Waals surface area contributed by atoms with E-state index in [0.717, 1.165) is 12.5 Å². The number of benzene rings is 1. The monoisotopic (exact) mass is 316 g/mol. The zero-order chi connectivity index (χ0) is 16.7. The van der Waals surface area contributed by atoms with E-state index in [2.05, 4.69) is 5.32 Å². The van der Waals surface area contributed by atoms with Crippen LogP contribution in [0.3, 0.4) is 0 Å². The van der Waals surface area contributed by atoms with Crippen molar-refractivity contribution in [2.24, 2.45) is 5.92 Å². The first-order valence-corrected chi connectivity index (χ1v) is 6.51. The molecular weight excluding hydrogens is 301 g/mol. The van der Waals surface area contributed by atoms with Gasteiger partial charge in [-0.15, -0.1) is 0 Å². The summed E-state index contributed by atoms with van der Waals surface area (Å²) in [7, 11) is 0. The maximum Gasteiger partial charge on any atom is 0.437 e. The lowest BCUT2D eigenvalue weighted by atomic mass is 9.79. The Bertz CT molecular complexity index is 600. The van der Waals surface area contributed by atoms with Crippen molar-refractivity contribution in [3.63, 3.8) is 0 Å². The molecule has 3 atom stereocenters. The Morgan fingerprint density at radius 1 is 1.27 bits per heavy atom. The van der Waals surface area contributed by atoms with Gasteiger partial charge in [-0.05, 0) is 19.4 Å². The number of carbonyl (C=O) groups is 2. The summed E-state index contributed by atoms with van der Waals surface area (Å²) in [5.41, 5.74) is -2.44. The summed E-state index contributed by atoms with van der Waals surface area (Å²) in [5.74, 6) is -2.79. The quantitative estimate of drug-likeness (QED) is 0.778. The van der Waals surface area contributed by atoms with Gasteiger partial charge in [0.1, 0.15) is 5.78 Å². The second-order valence-electron chi connectivity index (χ2n) is 5.34. The lowest BCUT2D eigenvalue weighted by Gasteiger charge is -2.44. The minimum absolute atomic E-state index is 0.309. The van der Waals surface area contributed by atoms with Crippen molar-refractivity contribution in [2.75, 3.05) is 0 Å². The van der Waals surface area contributed by atoms with Gasteiger partial charge in [-0.25, -0.2) is 4.79 Å². The first kappa shape index (κ1) is 16.3. The summed E-state index contributed by atoms with van der Waals surface area (Å²) >= 11 is 0. The number of aryl methyl sites for hydroxylation is 1. The van der Waals surface area contributed by atoms with Gasteiger partial charge in [0.25, 0.3) is 0 Å². The molecule has 22 heavy (non-hydrogen) atoms. The molecule has 0 saturated carbocycles. The molecule has 1 heterocycles. The summed E-state index contributed by atoms with van der Waals surface area (Å²) < 4.78 is 39.7. The van der Waals surface area contributed by atoms with Gasteiger partial charge in [-0.2, -0.15) is 13.2 Å². The van der Waals surface area contributed by atoms with E-state index >= 15 is 0 Å². The van der Waals surface area contributed by atoms with Crippen LogP contribution < -0.4 is 10.6 Å². The Kier molecular flexibility index (Phi) is 3.90. The van der Waals surface area contributed by atoms with Crippen molar-refractivity contribution in [1.82, 2.24) is 10.6 Å².